The quantitative estimate of drug-likeness (QED) is 0.669. The number of carboxylic acid groups (broad SMARTS) is 1. The molecule has 0 spiro atoms. The van der Waals surface area contributed by atoms with Crippen molar-refractivity contribution in [3.05, 3.63) is 26.0 Å². The highest BCUT2D eigenvalue weighted by molar-refractivity contribution is 14.1. The van der Waals surface area contributed by atoms with Gasteiger partial charge in [0.05, 0.1) is 9.13 Å². The van der Waals surface area contributed by atoms with Crippen LogP contribution in [-0.4, -0.2) is 16.1 Å². The van der Waals surface area contributed by atoms with Crippen molar-refractivity contribution in [3.8, 4) is 0 Å². The molecule has 1 heterocycles. The molecule has 0 bridgehead atoms. The maximum Gasteiger partial charge on any atom is 0.355 e. The monoisotopic (exact) mass is 333 g/mol. The van der Waals surface area contributed by atoms with Crippen molar-refractivity contribution >= 4 is 40.2 Å². The summed E-state index contributed by atoms with van der Waals surface area (Å²) < 4.78 is 25.0. The van der Waals surface area contributed by atoms with Crippen LogP contribution in [0.4, 0.5) is 8.78 Å². The van der Waals surface area contributed by atoms with Gasteiger partial charge in [0.1, 0.15) is 5.15 Å². The van der Waals surface area contributed by atoms with Gasteiger partial charge >= 0.3 is 5.97 Å². The summed E-state index contributed by atoms with van der Waals surface area (Å²) in [5, 5.41) is 8.48. The van der Waals surface area contributed by atoms with E-state index < -0.39 is 23.7 Å². The molecule has 0 saturated heterocycles. The Morgan fingerprint density at radius 2 is 2.21 bits per heavy atom. The molecule has 0 aliphatic carbocycles. The zero-order chi connectivity index (χ0) is 10.9. The molecule has 1 N–H and O–H groups in total. The fourth-order valence-corrected chi connectivity index (χ4v) is 1.41. The SMILES string of the molecule is O=C(O)c1nc(Cl)c(I)cc1C(F)F. The van der Waals surface area contributed by atoms with Crippen LogP contribution in [0.1, 0.15) is 22.5 Å². The van der Waals surface area contributed by atoms with Crippen LogP contribution in [0.15, 0.2) is 6.07 Å². The van der Waals surface area contributed by atoms with Crippen molar-refractivity contribution in [3.63, 3.8) is 0 Å². The summed E-state index contributed by atoms with van der Waals surface area (Å²) in [4.78, 5) is 13.9. The van der Waals surface area contributed by atoms with Crippen LogP contribution in [0.2, 0.25) is 5.15 Å². The van der Waals surface area contributed by atoms with Crippen molar-refractivity contribution in [2.45, 2.75) is 6.43 Å². The Kier molecular flexibility index (Phi) is 3.59. The fourth-order valence-electron chi connectivity index (χ4n) is 0.818. The summed E-state index contributed by atoms with van der Waals surface area (Å²) >= 11 is 7.21. The molecule has 0 aliphatic heterocycles. The molecule has 0 radical (unpaired) electrons. The van der Waals surface area contributed by atoms with Gasteiger partial charge in [-0.15, -0.1) is 0 Å². The van der Waals surface area contributed by atoms with Crippen molar-refractivity contribution in [2.75, 3.05) is 0 Å². The molecule has 1 aromatic heterocycles. The minimum atomic E-state index is -2.88. The van der Waals surface area contributed by atoms with Crippen molar-refractivity contribution in [1.29, 1.82) is 0 Å². The number of alkyl halides is 2. The lowest BCUT2D eigenvalue weighted by Crippen LogP contribution is -2.07. The lowest BCUT2D eigenvalue weighted by Gasteiger charge is -2.05. The molecule has 76 valence electrons. The second-order valence-electron chi connectivity index (χ2n) is 2.30. The predicted molar refractivity (Wildman–Crippen MR) is 53.9 cm³/mol. The third kappa shape index (κ3) is 2.30. The maximum atomic E-state index is 12.3. The Balaban J connectivity index is 3.39. The van der Waals surface area contributed by atoms with Crippen LogP contribution in [0.25, 0.3) is 0 Å². The van der Waals surface area contributed by atoms with Crippen molar-refractivity contribution in [1.82, 2.24) is 4.98 Å². The van der Waals surface area contributed by atoms with Gasteiger partial charge in [0.2, 0.25) is 0 Å². The van der Waals surface area contributed by atoms with Crippen LogP contribution >= 0.6 is 34.2 Å². The molecule has 1 aromatic rings. The molecule has 0 aliphatic rings. The molecule has 0 aromatic carbocycles. The Bertz CT molecular complexity index is 386. The van der Waals surface area contributed by atoms with Crippen LogP contribution in [0.5, 0.6) is 0 Å². The highest BCUT2D eigenvalue weighted by Crippen LogP contribution is 2.27. The van der Waals surface area contributed by atoms with E-state index in [1.54, 1.807) is 22.6 Å². The molecule has 0 unspecified atom stereocenters. The zero-order valence-corrected chi connectivity index (χ0v) is 9.38. The molecular formula is C7H3ClF2INO2. The molecule has 0 fully saturated rings. The largest absolute Gasteiger partial charge is 0.476 e. The number of hydrogen-bond donors (Lipinski definition) is 1. The lowest BCUT2D eigenvalue weighted by atomic mass is 10.2. The van der Waals surface area contributed by atoms with Crippen LogP contribution < -0.4 is 0 Å². The Hall–Kier alpha value is -0.500. The van der Waals surface area contributed by atoms with Gasteiger partial charge in [0.25, 0.3) is 6.43 Å². The van der Waals surface area contributed by atoms with E-state index >= 15 is 0 Å². The first-order chi connectivity index (χ1) is 6.43. The molecular weight excluding hydrogens is 330 g/mol. The van der Waals surface area contributed by atoms with Gasteiger partial charge in [-0.2, -0.15) is 0 Å². The minimum absolute atomic E-state index is 0.0904. The third-order valence-corrected chi connectivity index (χ3v) is 2.83. The molecule has 7 heteroatoms. The van der Waals surface area contributed by atoms with E-state index in [1.165, 1.54) is 0 Å². The number of rotatable bonds is 2. The topological polar surface area (TPSA) is 50.2 Å². The Morgan fingerprint density at radius 1 is 1.64 bits per heavy atom. The second-order valence-corrected chi connectivity index (χ2v) is 3.82. The van der Waals surface area contributed by atoms with Crippen LogP contribution in [0, 0.1) is 3.57 Å². The lowest BCUT2D eigenvalue weighted by molar-refractivity contribution is 0.0677. The molecule has 0 saturated carbocycles. The van der Waals surface area contributed by atoms with E-state index in [0.717, 1.165) is 6.07 Å². The summed E-state index contributed by atoms with van der Waals surface area (Å²) in [6.07, 6.45) is -2.88. The summed E-state index contributed by atoms with van der Waals surface area (Å²) in [6.45, 7) is 0. The normalized spacial score (nSPS) is 10.6. The zero-order valence-electron chi connectivity index (χ0n) is 6.47. The molecule has 0 amide bonds. The fraction of sp³-hybridized carbons (Fsp3) is 0.143. The average molecular weight is 333 g/mol. The predicted octanol–water partition coefficient (Wildman–Crippen LogP) is 2.98. The third-order valence-electron chi connectivity index (χ3n) is 1.40. The first-order valence-corrected chi connectivity index (χ1v) is 4.76. The number of carbonyl (C=O) groups is 1. The van der Waals surface area contributed by atoms with E-state index in [-0.39, 0.29) is 5.15 Å². The number of carboxylic acids is 1. The van der Waals surface area contributed by atoms with Gasteiger partial charge < -0.3 is 5.11 Å². The van der Waals surface area contributed by atoms with Gasteiger partial charge in [-0.05, 0) is 28.7 Å². The number of aromatic nitrogens is 1. The number of halogens is 4. The highest BCUT2D eigenvalue weighted by Gasteiger charge is 2.21. The number of nitrogens with zero attached hydrogens (tertiary/aromatic N) is 1. The molecule has 0 atom stereocenters. The van der Waals surface area contributed by atoms with Gasteiger partial charge in [0.15, 0.2) is 5.69 Å². The first-order valence-electron chi connectivity index (χ1n) is 3.31. The van der Waals surface area contributed by atoms with Gasteiger partial charge in [-0.25, -0.2) is 18.6 Å². The minimum Gasteiger partial charge on any atom is -0.476 e. The molecule has 1 rings (SSSR count). The number of pyridine rings is 1. The van der Waals surface area contributed by atoms with Gasteiger partial charge in [-0.3, -0.25) is 0 Å². The average Bonchev–Trinajstić information content (AvgIpc) is 2.08. The summed E-state index contributed by atoms with van der Waals surface area (Å²) in [7, 11) is 0. The van der Waals surface area contributed by atoms with Crippen LogP contribution in [-0.2, 0) is 0 Å². The van der Waals surface area contributed by atoms with Crippen molar-refractivity contribution in [2.24, 2.45) is 0 Å². The smallest absolute Gasteiger partial charge is 0.355 e. The summed E-state index contributed by atoms with van der Waals surface area (Å²) in [5.41, 5.74) is -1.32. The van der Waals surface area contributed by atoms with E-state index in [2.05, 4.69) is 4.98 Å². The first kappa shape index (κ1) is 11.6. The van der Waals surface area contributed by atoms with E-state index in [4.69, 9.17) is 16.7 Å². The highest BCUT2D eigenvalue weighted by atomic mass is 127. The number of aromatic carboxylic acids is 1. The second kappa shape index (κ2) is 4.35. The molecule has 14 heavy (non-hydrogen) atoms. The number of hydrogen-bond acceptors (Lipinski definition) is 2. The van der Waals surface area contributed by atoms with E-state index in [1.807, 2.05) is 0 Å². The Labute approximate surface area is 96.2 Å². The maximum absolute atomic E-state index is 12.3. The van der Waals surface area contributed by atoms with Crippen LogP contribution in [0.3, 0.4) is 0 Å². The summed E-state index contributed by atoms with van der Waals surface area (Å²) in [6, 6.07) is 1.02. The summed E-state index contributed by atoms with van der Waals surface area (Å²) in [5.74, 6) is -1.52. The van der Waals surface area contributed by atoms with Gasteiger partial charge in [-0.1, -0.05) is 11.6 Å². The molecule has 3 nitrogen and oxygen atoms in total. The van der Waals surface area contributed by atoms with E-state index in [9.17, 15) is 13.6 Å². The van der Waals surface area contributed by atoms with E-state index in [0.29, 0.717) is 3.57 Å². The van der Waals surface area contributed by atoms with Gasteiger partial charge in [0, 0.05) is 0 Å². The van der Waals surface area contributed by atoms with Crippen molar-refractivity contribution < 1.29 is 18.7 Å². The Morgan fingerprint density at radius 3 is 2.64 bits per heavy atom. The standard InChI is InChI=1S/C7H3ClF2INO2/c8-5-3(11)1-2(6(9)10)4(12-5)7(13)14/h1,6H,(H,13,14).